The summed E-state index contributed by atoms with van der Waals surface area (Å²) in [7, 11) is 0. The zero-order valence-electron chi connectivity index (χ0n) is 18.9. The third-order valence-corrected chi connectivity index (χ3v) is 6.13. The highest BCUT2D eigenvalue weighted by Gasteiger charge is 2.55. The van der Waals surface area contributed by atoms with Crippen LogP contribution in [0.2, 0.25) is 0 Å². The number of nitrogens with one attached hydrogen (secondary N) is 1. The largest absolute Gasteiger partial charge is 0.423 e. The fourth-order valence-electron chi connectivity index (χ4n) is 4.17. The van der Waals surface area contributed by atoms with E-state index in [1.54, 1.807) is 24.3 Å². The first-order valence-corrected chi connectivity index (χ1v) is 11.2. The predicted octanol–water partition coefficient (Wildman–Crippen LogP) is 6.69. The van der Waals surface area contributed by atoms with Crippen LogP contribution < -0.4 is 5.32 Å². The molecule has 8 heteroatoms. The topological polar surface area (TPSA) is 50.1 Å². The van der Waals surface area contributed by atoms with Crippen molar-refractivity contribution in [3.05, 3.63) is 115 Å². The second-order valence-electron chi connectivity index (χ2n) is 8.43. The molecule has 0 aliphatic carbocycles. The molecule has 1 unspecified atom stereocenters. The fourth-order valence-corrected chi connectivity index (χ4v) is 4.17. The molecule has 36 heavy (non-hydrogen) atoms. The normalized spacial score (nSPS) is 13.5. The maximum absolute atomic E-state index is 14.3. The summed E-state index contributed by atoms with van der Waals surface area (Å²) in [6.45, 7) is -0.794. The minimum absolute atomic E-state index is 0.314. The van der Waals surface area contributed by atoms with Crippen LogP contribution in [0, 0.1) is 5.82 Å². The Labute approximate surface area is 204 Å². The molecule has 5 aromatic rings. The number of hydrogen-bond acceptors (Lipinski definition) is 3. The van der Waals surface area contributed by atoms with E-state index in [4.69, 9.17) is 0 Å². The molecule has 2 N–H and O–H groups in total. The molecule has 0 amide bonds. The Morgan fingerprint density at radius 1 is 0.833 bits per heavy atom. The van der Waals surface area contributed by atoms with E-state index in [-0.39, 0.29) is 5.56 Å². The van der Waals surface area contributed by atoms with Crippen LogP contribution in [-0.4, -0.2) is 27.6 Å². The fraction of sp³-hybridized carbons (Fsp3) is 0.107. The van der Waals surface area contributed by atoms with Gasteiger partial charge in [-0.25, -0.2) is 9.07 Å². The molecular formula is C28H21F4N3O. The van der Waals surface area contributed by atoms with Crippen molar-refractivity contribution in [2.75, 3.05) is 11.9 Å². The monoisotopic (exact) mass is 491 g/mol. The summed E-state index contributed by atoms with van der Waals surface area (Å²) in [4.78, 5) is 0. The Morgan fingerprint density at radius 3 is 2.25 bits per heavy atom. The lowest BCUT2D eigenvalue weighted by molar-refractivity contribution is -0.260. The number of fused-ring (bicyclic) bond motifs is 1. The molecule has 0 radical (unpaired) electrons. The lowest BCUT2D eigenvalue weighted by atomic mass is 9.91. The number of para-hydroxylation sites is 1. The van der Waals surface area contributed by atoms with Gasteiger partial charge in [0.25, 0.3) is 0 Å². The first-order chi connectivity index (χ1) is 17.3. The first kappa shape index (κ1) is 23.6. The molecule has 0 fully saturated rings. The maximum atomic E-state index is 14.3. The van der Waals surface area contributed by atoms with Crippen molar-refractivity contribution < 1.29 is 22.7 Å². The number of halogens is 4. The Hall–Kier alpha value is -4.17. The number of anilines is 1. The molecule has 0 aliphatic heterocycles. The summed E-state index contributed by atoms with van der Waals surface area (Å²) in [6, 6.07) is 25.9. The minimum Gasteiger partial charge on any atom is -0.381 e. The number of benzene rings is 4. The quantitative estimate of drug-likeness (QED) is 0.260. The van der Waals surface area contributed by atoms with Crippen LogP contribution in [0.1, 0.15) is 5.56 Å². The molecule has 182 valence electrons. The van der Waals surface area contributed by atoms with E-state index < -0.39 is 24.1 Å². The van der Waals surface area contributed by atoms with Crippen LogP contribution >= 0.6 is 0 Å². The molecule has 0 aliphatic rings. The summed E-state index contributed by atoms with van der Waals surface area (Å²) >= 11 is 0. The van der Waals surface area contributed by atoms with Crippen molar-refractivity contribution in [2.24, 2.45) is 0 Å². The van der Waals surface area contributed by atoms with Crippen LogP contribution in [0.25, 0.3) is 27.7 Å². The van der Waals surface area contributed by atoms with Gasteiger partial charge in [-0.05, 0) is 53.6 Å². The van der Waals surface area contributed by atoms with Gasteiger partial charge in [-0.2, -0.15) is 18.3 Å². The second-order valence-corrected chi connectivity index (χ2v) is 8.43. The van der Waals surface area contributed by atoms with Crippen molar-refractivity contribution >= 4 is 16.6 Å². The van der Waals surface area contributed by atoms with Gasteiger partial charge < -0.3 is 10.4 Å². The molecular weight excluding hydrogens is 470 g/mol. The van der Waals surface area contributed by atoms with Gasteiger partial charge in [0.2, 0.25) is 5.60 Å². The third-order valence-electron chi connectivity index (χ3n) is 6.13. The van der Waals surface area contributed by atoms with Gasteiger partial charge in [-0.1, -0.05) is 54.6 Å². The van der Waals surface area contributed by atoms with Crippen molar-refractivity contribution in [3.63, 3.8) is 0 Å². The van der Waals surface area contributed by atoms with Crippen molar-refractivity contribution in [3.8, 4) is 16.8 Å². The number of aromatic nitrogens is 2. The summed E-state index contributed by atoms with van der Waals surface area (Å²) in [5.74, 6) is -0.408. The Morgan fingerprint density at radius 2 is 1.53 bits per heavy atom. The average Bonchev–Trinajstić information content (AvgIpc) is 3.31. The molecule has 0 saturated carbocycles. The molecule has 4 aromatic carbocycles. The number of nitrogens with zero attached hydrogens (tertiary/aromatic N) is 2. The standard InChI is InChI=1S/C28H21F4N3O/c29-22-11-13-23(14-12-22)35-26-15-10-21(16-20(26)17-34-35)27(36,28(30,31)32)18-33-25-9-5-4-8-24(25)19-6-2-1-3-7-19/h1-17,33,36H,18H2. The number of aliphatic hydroxyl groups is 1. The molecule has 0 bridgehead atoms. The van der Waals surface area contributed by atoms with Gasteiger partial charge in [-0.15, -0.1) is 0 Å². The Bertz CT molecular complexity index is 1500. The van der Waals surface area contributed by atoms with E-state index in [0.717, 1.165) is 11.1 Å². The molecule has 1 heterocycles. The average molecular weight is 491 g/mol. The summed E-state index contributed by atoms with van der Waals surface area (Å²) in [5.41, 5.74) is -0.364. The number of rotatable bonds is 6. The number of alkyl halides is 3. The van der Waals surface area contributed by atoms with Crippen LogP contribution in [0.15, 0.2) is 103 Å². The molecule has 4 nitrogen and oxygen atoms in total. The molecule has 1 atom stereocenters. The highest BCUT2D eigenvalue weighted by atomic mass is 19.4. The van der Waals surface area contributed by atoms with E-state index in [2.05, 4.69) is 10.4 Å². The summed E-state index contributed by atoms with van der Waals surface area (Å²) in [6.07, 6.45) is -3.54. The highest BCUT2D eigenvalue weighted by molar-refractivity contribution is 5.81. The smallest absolute Gasteiger partial charge is 0.381 e. The molecule has 0 spiro atoms. The van der Waals surface area contributed by atoms with E-state index in [1.807, 2.05) is 30.3 Å². The zero-order chi connectivity index (χ0) is 25.3. The van der Waals surface area contributed by atoms with Crippen molar-refractivity contribution in [2.45, 2.75) is 11.8 Å². The zero-order valence-corrected chi connectivity index (χ0v) is 18.9. The van der Waals surface area contributed by atoms with Crippen molar-refractivity contribution in [1.29, 1.82) is 0 Å². The molecule has 0 saturated heterocycles. The van der Waals surface area contributed by atoms with Crippen LogP contribution in [0.5, 0.6) is 0 Å². The van der Waals surface area contributed by atoms with E-state index >= 15 is 0 Å². The first-order valence-electron chi connectivity index (χ1n) is 11.2. The predicted molar refractivity (Wildman–Crippen MR) is 131 cm³/mol. The van der Waals surface area contributed by atoms with Gasteiger partial charge in [-0.3, -0.25) is 0 Å². The van der Waals surface area contributed by atoms with Gasteiger partial charge in [0.15, 0.2) is 0 Å². The Kier molecular flexibility index (Phi) is 5.97. The Balaban J connectivity index is 1.49. The summed E-state index contributed by atoms with van der Waals surface area (Å²) in [5, 5.41) is 18.5. The highest BCUT2D eigenvalue weighted by Crippen LogP contribution is 2.41. The summed E-state index contributed by atoms with van der Waals surface area (Å²) < 4.78 is 57.6. The van der Waals surface area contributed by atoms with Crippen LogP contribution in [0.3, 0.4) is 0 Å². The van der Waals surface area contributed by atoms with Gasteiger partial charge >= 0.3 is 6.18 Å². The third kappa shape index (κ3) is 4.31. The van der Waals surface area contributed by atoms with Gasteiger partial charge in [0.1, 0.15) is 5.82 Å². The molecule has 1 aromatic heterocycles. The van der Waals surface area contributed by atoms with Gasteiger partial charge in [0, 0.05) is 16.6 Å². The maximum Gasteiger partial charge on any atom is 0.423 e. The lowest BCUT2D eigenvalue weighted by Gasteiger charge is -2.32. The van der Waals surface area contributed by atoms with E-state index in [9.17, 15) is 22.7 Å². The minimum atomic E-state index is -4.96. The molecule has 5 rings (SSSR count). The van der Waals surface area contributed by atoms with Crippen LogP contribution in [-0.2, 0) is 5.60 Å². The van der Waals surface area contributed by atoms with Gasteiger partial charge in [0.05, 0.1) is 23.9 Å². The number of hydrogen-bond donors (Lipinski definition) is 2. The lowest BCUT2D eigenvalue weighted by Crippen LogP contribution is -2.47. The SMILES string of the molecule is OC(CNc1ccccc1-c1ccccc1)(c1ccc2c(cnn2-c2ccc(F)cc2)c1)C(F)(F)F. The van der Waals surface area contributed by atoms with E-state index in [1.165, 1.54) is 53.3 Å². The van der Waals surface area contributed by atoms with Crippen molar-refractivity contribution in [1.82, 2.24) is 9.78 Å². The second kappa shape index (κ2) is 9.13. The van der Waals surface area contributed by atoms with Crippen LogP contribution in [0.4, 0.5) is 23.2 Å². The van der Waals surface area contributed by atoms with E-state index in [0.29, 0.717) is 22.3 Å².